The zero-order valence-corrected chi connectivity index (χ0v) is 16.1. The van der Waals surface area contributed by atoms with Crippen molar-refractivity contribution in [3.63, 3.8) is 0 Å². The Labute approximate surface area is 170 Å². The van der Waals surface area contributed by atoms with Crippen LogP contribution in [-0.2, 0) is 22.6 Å². The third-order valence-electron chi connectivity index (χ3n) is 5.86. The predicted octanol–water partition coefficient (Wildman–Crippen LogP) is 4.25. The van der Waals surface area contributed by atoms with Crippen molar-refractivity contribution in [2.75, 3.05) is 11.9 Å². The van der Waals surface area contributed by atoms with Gasteiger partial charge < -0.3 is 10.2 Å². The van der Waals surface area contributed by atoms with Crippen molar-refractivity contribution in [3.8, 4) is 11.1 Å². The summed E-state index contributed by atoms with van der Waals surface area (Å²) >= 11 is 0. The van der Waals surface area contributed by atoms with Gasteiger partial charge in [0.25, 0.3) is 0 Å². The van der Waals surface area contributed by atoms with Gasteiger partial charge >= 0.3 is 0 Å². The van der Waals surface area contributed by atoms with Crippen molar-refractivity contribution in [2.45, 2.75) is 19.4 Å². The monoisotopic (exact) mass is 382 g/mol. The SMILES string of the molecule is O=C(Nc1ccc2c(c1)Cc1ccccc1-2)C1CC(=O)N(Cc2ccccc2)C1. The van der Waals surface area contributed by atoms with Gasteiger partial charge in [-0.1, -0.05) is 60.7 Å². The number of amides is 2. The fourth-order valence-corrected chi connectivity index (χ4v) is 4.37. The molecule has 29 heavy (non-hydrogen) atoms. The Balaban J connectivity index is 1.26. The molecule has 1 aliphatic carbocycles. The number of carbonyl (C=O) groups excluding carboxylic acids is 2. The van der Waals surface area contributed by atoms with Crippen molar-refractivity contribution >= 4 is 17.5 Å². The number of nitrogens with zero attached hydrogens (tertiary/aromatic N) is 1. The summed E-state index contributed by atoms with van der Waals surface area (Å²) in [6.45, 7) is 1.02. The molecule has 1 heterocycles. The van der Waals surface area contributed by atoms with E-state index < -0.39 is 0 Å². The molecule has 0 saturated carbocycles. The van der Waals surface area contributed by atoms with E-state index in [1.165, 1.54) is 22.3 Å². The van der Waals surface area contributed by atoms with Crippen molar-refractivity contribution < 1.29 is 9.59 Å². The van der Waals surface area contributed by atoms with Crippen LogP contribution in [-0.4, -0.2) is 23.3 Å². The van der Waals surface area contributed by atoms with Gasteiger partial charge in [0.15, 0.2) is 0 Å². The summed E-state index contributed by atoms with van der Waals surface area (Å²) in [5, 5.41) is 3.03. The van der Waals surface area contributed by atoms with Crippen LogP contribution in [0.5, 0.6) is 0 Å². The lowest BCUT2D eigenvalue weighted by Gasteiger charge is -2.17. The standard InChI is InChI=1S/C25H22N2O2/c28-24-14-20(16-27(24)15-17-6-2-1-3-7-17)25(29)26-21-10-11-23-19(13-21)12-18-8-4-5-9-22(18)23/h1-11,13,20H,12,14-16H2,(H,26,29). The van der Waals surface area contributed by atoms with Gasteiger partial charge in [-0.05, 0) is 46.4 Å². The van der Waals surface area contributed by atoms with Gasteiger partial charge in [0, 0.05) is 25.2 Å². The minimum absolute atomic E-state index is 0.0402. The van der Waals surface area contributed by atoms with Gasteiger partial charge in [-0.3, -0.25) is 9.59 Å². The Kier molecular flexibility index (Phi) is 4.39. The van der Waals surface area contributed by atoms with Crippen LogP contribution >= 0.6 is 0 Å². The Morgan fingerprint density at radius 2 is 1.69 bits per heavy atom. The zero-order valence-electron chi connectivity index (χ0n) is 16.1. The van der Waals surface area contributed by atoms with E-state index in [1.807, 2.05) is 36.4 Å². The van der Waals surface area contributed by atoms with Crippen LogP contribution in [0, 0.1) is 5.92 Å². The molecule has 3 aromatic rings. The molecule has 2 amide bonds. The van der Waals surface area contributed by atoms with Gasteiger partial charge in [0.2, 0.25) is 11.8 Å². The van der Waals surface area contributed by atoms with Crippen LogP contribution in [0.3, 0.4) is 0 Å². The highest BCUT2D eigenvalue weighted by Crippen LogP contribution is 2.37. The van der Waals surface area contributed by atoms with Crippen LogP contribution in [0.15, 0.2) is 72.8 Å². The second-order valence-corrected chi connectivity index (χ2v) is 7.86. The zero-order chi connectivity index (χ0) is 19.8. The number of carbonyl (C=O) groups is 2. The quantitative estimate of drug-likeness (QED) is 0.574. The van der Waals surface area contributed by atoms with Gasteiger partial charge in [0.1, 0.15) is 0 Å². The first-order chi connectivity index (χ1) is 14.2. The number of anilines is 1. The first-order valence-electron chi connectivity index (χ1n) is 10.0. The van der Waals surface area contributed by atoms with E-state index in [4.69, 9.17) is 0 Å². The largest absolute Gasteiger partial charge is 0.338 e. The topological polar surface area (TPSA) is 49.4 Å². The van der Waals surface area contributed by atoms with Crippen LogP contribution in [0.2, 0.25) is 0 Å². The van der Waals surface area contributed by atoms with E-state index in [1.54, 1.807) is 4.90 Å². The molecular weight excluding hydrogens is 360 g/mol. The lowest BCUT2D eigenvalue weighted by atomic mass is 10.0. The van der Waals surface area contributed by atoms with Crippen LogP contribution in [0.25, 0.3) is 11.1 Å². The lowest BCUT2D eigenvalue weighted by Crippen LogP contribution is -2.28. The van der Waals surface area contributed by atoms with E-state index in [0.29, 0.717) is 13.1 Å². The summed E-state index contributed by atoms with van der Waals surface area (Å²) in [6.07, 6.45) is 1.16. The lowest BCUT2D eigenvalue weighted by molar-refractivity contribution is -0.128. The third-order valence-corrected chi connectivity index (χ3v) is 5.86. The number of hydrogen-bond donors (Lipinski definition) is 1. The number of hydrogen-bond acceptors (Lipinski definition) is 2. The maximum Gasteiger partial charge on any atom is 0.229 e. The number of rotatable bonds is 4. The molecule has 1 aliphatic heterocycles. The summed E-state index contributed by atoms with van der Waals surface area (Å²) in [4.78, 5) is 26.9. The minimum atomic E-state index is -0.309. The maximum absolute atomic E-state index is 12.8. The van der Waals surface area contributed by atoms with Crippen molar-refractivity contribution in [2.24, 2.45) is 5.92 Å². The Morgan fingerprint density at radius 3 is 2.55 bits per heavy atom. The molecule has 0 aromatic heterocycles. The number of fused-ring (bicyclic) bond motifs is 3. The molecule has 4 nitrogen and oxygen atoms in total. The van der Waals surface area contributed by atoms with Gasteiger partial charge in [-0.25, -0.2) is 0 Å². The fourth-order valence-electron chi connectivity index (χ4n) is 4.37. The second kappa shape index (κ2) is 7.21. The number of nitrogens with one attached hydrogen (secondary N) is 1. The van der Waals surface area contributed by atoms with Crippen molar-refractivity contribution in [3.05, 3.63) is 89.5 Å². The molecule has 0 bridgehead atoms. The first-order valence-corrected chi connectivity index (χ1v) is 10.0. The van der Waals surface area contributed by atoms with E-state index in [2.05, 4.69) is 41.7 Å². The molecule has 5 rings (SSSR count). The average Bonchev–Trinajstić information content (AvgIpc) is 3.29. The summed E-state index contributed by atoms with van der Waals surface area (Å²) in [7, 11) is 0. The molecular formula is C25H22N2O2. The molecule has 1 N–H and O–H groups in total. The highest BCUT2D eigenvalue weighted by molar-refractivity contribution is 5.97. The predicted molar refractivity (Wildman–Crippen MR) is 113 cm³/mol. The molecule has 1 saturated heterocycles. The molecule has 1 unspecified atom stereocenters. The molecule has 2 aliphatic rings. The van der Waals surface area contributed by atoms with E-state index in [-0.39, 0.29) is 24.2 Å². The van der Waals surface area contributed by atoms with Crippen LogP contribution in [0.1, 0.15) is 23.1 Å². The Morgan fingerprint density at radius 1 is 0.931 bits per heavy atom. The summed E-state index contributed by atoms with van der Waals surface area (Å²) < 4.78 is 0. The smallest absolute Gasteiger partial charge is 0.229 e. The molecule has 1 atom stereocenters. The first kappa shape index (κ1) is 17.7. The summed E-state index contributed by atoms with van der Waals surface area (Å²) in [6, 6.07) is 24.4. The fraction of sp³-hybridized carbons (Fsp3) is 0.200. The number of benzene rings is 3. The molecule has 1 fully saturated rings. The maximum atomic E-state index is 12.8. The van der Waals surface area contributed by atoms with Crippen LogP contribution in [0.4, 0.5) is 5.69 Å². The highest BCUT2D eigenvalue weighted by atomic mass is 16.2. The average molecular weight is 382 g/mol. The van der Waals surface area contributed by atoms with Gasteiger partial charge in [0.05, 0.1) is 5.92 Å². The second-order valence-electron chi connectivity index (χ2n) is 7.86. The van der Waals surface area contributed by atoms with Gasteiger partial charge in [-0.15, -0.1) is 0 Å². The van der Waals surface area contributed by atoms with Crippen molar-refractivity contribution in [1.82, 2.24) is 4.90 Å². The third kappa shape index (κ3) is 3.42. The van der Waals surface area contributed by atoms with Gasteiger partial charge in [-0.2, -0.15) is 0 Å². The molecule has 3 aromatic carbocycles. The Bertz CT molecular complexity index is 1090. The van der Waals surface area contributed by atoms with Crippen LogP contribution < -0.4 is 5.32 Å². The van der Waals surface area contributed by atoms with E-state index in [9.17, 15) is 9.59 Å². The van der Waals surface area contributed by atoms with E-state index in [0.717, 1.165) is 17.7 Å². The highest BCUT2D eigenvalue weighted by Gasteiger charge is 2.34. The normalized spacial score (nSPS) is 17.2. The van der Waals surface area contributed by atoms with E-state index >= 15 is 0 Å². The molecule has 0 radical (unpaired) electrons. The summed E-state index contributed by atoms with van der Waals surface area (Å²) in [5.74, 6) is -0.348. The Hall–Kier alpha value is -3.40. The molecule has 0 spiro atoms. The van der Waals surface area contributed by atoms with Crippen molar-refractivity contribution in [1.29, 1.82) is 0 Å². The summed E-state index contributed by atoms with van der Waals surface area (Å²) in [5.41, 5.74) is 6.96. The number of likely N-dealkylation sites (tertiary alicyclic amines) is 1. The molecule has 144 valence electrons. The molecule has 4 heteroatoms. The minimum Gasteiger partial charge on any atom is -0.338 e.